The summed E-state index contributed by atoms with van der Waals surface area (Å²) in [6, 6.07) is 32.3. The number of aryl methyl sites for hydroxylation is 2. The van der Waals surface area contributed by atoms with Crippen LogP contribution in [0.15, 0.2) is 118 Å². The summed E-state index contributed by atoms with van der Waals surface area (Å²) in [6.45, 7) is 4.27. The van der Waals surface area contributed by atoms with E-state index < -0.39 is 0 Å². The standard InChI is InChI=1S/C38H32N2O6/c1-25-4-11-28(12-5-25)35-20-32(45-39-35)23-43-31-17-18-34(37(41)19-10-27-8-15-30(42-3)16-9-27)38(22-31)44-24-33-21-36(40-46-33)29-13-6-26(2)7-14-29/h4-22H,23-24H2,1-3H3/b19-10+. The van der Waals surface area contributed by atoms with Crippen molar-refractivity contribution < 1.29 is 28.1 Å². The van der Waals surface area contributed by atoms with Crippen LogP contribution in [0.2, 0.25) is 0 Å². The highest BCUT2D eigenvalue weighted by molar-refractivity contribution is 6.08. The fourth-order valence-electron chi connectivity index (χ4n) is 4.68. The minimum atomic E-state index is -0.228. The lowest BCUT2D eigenvalue weighted by Gasteiger charge is -2.11. The molecule has 46 heavy (non-hydrogen) atoms. The Morgan fingerprint density at radius 3 is 1.78 bits per heavy atom. The maximum absolute atomic E-state index is 13.3. The van der Waals surface area contributed by atoms with Gasteiger partial charge in [-0.3, -0.25) is 4.79 Å². The number of aromatic nitrogens is 2. The number of methoxy groups -OCH3 is 1. The topological polar surface area (TPSA) is 96.8 Å². The van der Waals surface area contributed by atoms with Crippen LogP contribution >= 0.6 is 0 Å². The summed E-state index contributed by atoms with van der Waals surface area (Å²) in [5.74, 6) is 2.42. The predicted octanol–water partition coefficient (Wildman–Crippen LogP) is 8.68. The third-order valence-electron chi connectivity index (χ3n) is 7.33. The van der Waals surface area contributed by atoms with Gasteiger partial charge in [-0.1, -0.05) is 88.2 Å². The van der Waals surface area contributed by atoms with Crippen molar-refractivity contribution in [2.75, 3.05) is 7.11 Å². The Bertz CT molecular complexity index is 1950. The van der Waals surface area contributed by atoms with Gasteiger partial charge < -0.3 is 23.3 Å². The summed E-state index contributed by atoms with van der Waals surface area (Å²) >= 11 is 0. The Morgan fingerprint density at radius 2 is 1.22 bits per heavy atom. The number of benzene rings is 4. The molecular formula is C38H32N2O6. The lowest BCUT2D eigenvalue weighted by Crippen LogP contribution is -2.03. The van der Waals surface area contributed by atoms with Gasteiger partial charge in [-0.05, 0) is 49.8 Å². The molecule has 0 unspecified atom stereocenters. The highest BCUT2D eigenvalue weighted by Crippen LogP contribution is 2.29. The van der Waals surface area contributed by atoms with Crippen molar-refractivity contribution >= 4 is 11.9 Å². The fourth-order valence-corrected chi connectivity index (χ4v) is 4.68. The van der Waals surface area contributed by atoms with E-state index in [0.717, 1.165) is 33.7 Å². The molecule has 0 radical (unpaired) electrons. The first-order chi connectivity index (χ1) is 22.4. The van der Waals surface area contributed by atoms with E-state index in [9.17, 15) is 4.79 Å². The Hall–Kier alpha value is -5.89. The van der Waals surface area contributed by atoms with Crippen LogP contribution < -0.4 is 14.2 Å². The van der Waals surface area contributed by atoms with Crippen LogP contribution in [0, 0.1) is 13.8 Å². The maximum Gasteiger partial charge on any atom is 0.189 e. The fraction of sp³-hybridized carbons (Fsp3) is 0.132. The molecule has 4 aromatic carbocycles. The number of ether oxygens (including phenoxy) is 3. The van der Waals surface area contributed by atoms with E-state index in [1.165, 1.54) is 11.6 Å². The van der Waals surface area contributed by atoms with Gasteiger partial charge in [0.25, 0.3) is 0 Å². The summed E-state index contributed by atoms with van der Waals surface area (Å²) in [5.41, 5.74) is 6.88. The third-order valence-corrected chi connectivity index (χ3v) is 7.33. The van der Waals surface area contributed by atoms with E-state index in [4.69, 9.17) is 23.3 Å². The molecule has 230 valence electrons. The zero-order valence-corrected chi connectivity index (χ0v) is 25.7. The number of hydrogen-bond donors (Lipinski definition) is 0. The van der Waals surface area contributed by atoms with Gasteiger partial charge in [0.15, 0.2) is 17.3 Å². The van der Waals surface area contributed by atoms with E-state index in [-0.39, 0.29) is 19.0 Å². The van der Waals surface area contributed by atoms with Gasteiger partial charge in [0.1, 0.15) is 41.9 Å². The van der Waals surface area contributed by atoms with Crippen LogP contribution in [0.25, 0.3) is 28.6 Å². The minimum absolute atomic E-state index is 0.0623. The summed E-state index contributed by atoms with van der Waals surface area (Å²) in [6.07, 6.45) is 3.26. The number of allylic oxidation sites excluding steroid dienone is 1. The highest BCUT2D eigenvalue weighted by atomic mass is 16.5. The van der Waals surface area contributed by atoms with Gasteiger partial charge in [0.2, 0.25) is 0 Å². The maximum atomic E-state index is 13.3. The number of ketones is 1. The number of carbonyl (C=O) groups excluding carboxylic acids is 1. The number of hydrogen-bond acceptors (Lipinski definition) is 8. The first-order valence-corrected chi connectivity index (χ1v) is 14.7. The summed E-state index contributed by atoms with van der Waals surface area (Å²) in [7, 11) is 1.61. The number of nitrogens with zero attached hydrogens (tertiary/aromatic N) is 2. The van der Waals surface area contributed by atoms with Crippen LogP contribution in [-0.4, -0.2) is 23.2 Å². The molecule has 0 aliphatic carbocycles. The molecule has 8 heteroatoms. The van der Waals surface area contributed by atoms with Crippen molar-refractivity contribution in [1.82, 2.24) is 10.3 Å². The van der Waals surface area contributed by atoms with Gasteiger partial charge in [0, 0.05) is 29.3 Å². The van der Waals surface area contributed by atoms with E-state index in [1.807, 2.05) is 98.8 Å². The van der Waals surface area contributed by atoms with Crippen molar-refractivity contribution in [3.8, 4) is 39.8 Å². The predicted molar refractivity (Wildman–Crippen MR) is 175 cm³/mol. The molecule has 2 heterocycles. The Labute approximate surface area is 266 Å². The third kappa shape index (κ3) is 7.42. The Kier molecular flexibility index (Phi) is 9.06. The normalized spacial score (nSPS) is 11.1. The quantitative estimate of drug-likeness (QED) is 0.100. The first kappa shape index (κ1) is 30.1. The van der Waals surface area contributed by atoms with Crippen LogP contribution in [0.1, 0.15) is 38.6 Å². The monoisotopic (exact) mass is 612 g/mol. The van der Waals surface area contributed by atoms with E-state index in [0.29, 0.717) is 34.3 Å². The van der Waals surface area contributed by atoms with Crippen molar-refractivity contribution in [2.45, 2.75) is 27.1 Å². The average molecular weight is 613 g/mol. The van der Waals surface area contributed by atoms with Gasteiger partial charge in [0.05, 0.1) is 12.7 Å². The zero-order chi connectivity index (χ0) is 31.9. The first-order valence-electron chi connectivity index (χ1n) is 14.7. The smallest absolute Gasteiger partial charge is 0.189 e. The van der Waals surface area contributed by atoms with Crippen LogP contribution in [0.4, 0.5) is 0 Å². The van der Waals surface area contributed by atoms with Gasteiger partial charge in [-0.25, -0.2) is 0 Å². The molecule has 0 aliphatic rings. The van der Waals surface area contributed by atoms with E-state index in [1.54, 1.807) is 31.4 Å². The van der Waals surface area contributed by atoms with Crippen LogP contribution in [0.5, 0.6) is 17.2 Å². The lowest BCUT2D eigenvalue weighted by atomic mass is 10.1. The molecule has 6 aromatic rings. The number of carbonyl (C=O) groups is 1. The molecule has 0 saturated carbocycles. The second-order valence-corrected chi connectivity index (χ2v) is 10.8. The molecule has 8 nitrogen and oxygen atoms in total. The Morgan fingerprint density at radius 1 is 0.674 bits per heavy atom. The van der Waals surface area contributed by atoms with Gasteiger partial charge in [-0.2, -0.15) is 0 Å². The van der Waals surface area contributed by atoms with Crippen LogP contribution in [-0.2, 0) is 13.2 Å². The van der Waals surface area contributed by atoms with Crippen LogP contribution in [0.3, 0.4) is 0 Å². The molecule has 0 amide bonds. The SMILES string of the molecule is COc1ccc(/C=C/C(=O)c2ccc(OCc3cc(-c4ccc(C)cc4)no3)cc2OCc2cc(-c3ccc(C)cc3)no2)cc1. The van der Waals surface area contributed by atoms with Crippen molar-refractivity contribution in [2.24, 2.45) is 0 Å². The second-order valence-electron chi connectivity index (χ2n) is 10.8. The zero-order valence-electron chi connectivity index (χ0n) is 25.7. The molecule has 0 aliphatic heterocycles. The molecule has 6 rings (SSSR count). The average Bonchev–Trinajstić information content (AvgIpc) is 3.77. The van der Waals surface area contributed by atoms with Crippen molar-refractivity contribution in [3.63, 3.8) is 0 Å². The van der Waals surface area contributed by atoms with E-state index >= 15 is 0 Å². The molecule has 0 bridgehead atoms. The van der Waals surface area contributed by atoms with Crippen molar-refractivity contribution in [1.29, 1.82) is 0 Å². The van der Waals surface area contributed by atoms with E-state index in [2.05, 4.69) is 10.3 Å². The van der Waals surface area contributed by atoms with Crippen molar-refractivity contribution in [3.05, 3.63) is 143 Å². The Balaban J connectivity index is 1.19. The highest BCUT2D eigenvalue weighted by Gasteiger charge is 2.15. The lowest BCUT2D eigenvalue weighted by molar-refractivity contribution is 0.104. The molecule has 0 fully saturated rings. The van der Waals surface area contributed by atoms with Gasteiger partial charge in [-0.15, -0.1) is 0 Å². The molecule has 0 atom stereocenters. The largest absolute Gasteiger partial charge is 0.497 e. The second kappa shape index (κ2) is 13.8. The van der Waals surface area contributed by atoms with Gasteiger partial charge >= 0.3 is 0 Å². The molecule has 0 saturated heterocycles. The molecule has 2 aromatic heterocycles. The molecular weight excluding hydrogens is 580 g/mol. The molecule has 0 N–H and O–H groups in total. The molecule has 0 spiro atoms. The summed E-state index contributed by atoms with van der Waals surface area (Å²) < 4.78 is 28.4. The number of rotatable bonds is 12. The summed E-state index contributed by atoms with van der Waals surface area (Å²) in [4.78, 5) is 13.3. The summed E-state index contributed by atoms with van der Waals surface area (Å²) in [5, 5.41) is 8.36. The minimum Gasteiger partial charge on any atom is -0.497 e.